The summed E-state index contributed by atoms with van der Waals surface area (Å²) in [7, 11) is 1.97. The van der Waals surface area contributed by atoms with Crippen LogP contribution in [0, 0.1) is 6.92 Å². The molecule has 1 unspecified atom stereocenters. The van der Waals surface area contributed by atoms with E-state index >= 15 is 0 Å². The molecule has 1 aromatic heterocycles. The van der Waals surface area contributed by atoms with Crippen molar-refractivity contribution in [3.05, 3.63) is 34.0 Å². The highest BCUT2D eigenvalue weighted by Crippen LogP contribution is 2.25. The summed E-state index contributed by atoms with van der Waals surface area (Å²) in [6.07, 6.45) is 0. The van der Waals surface area contributed by atoms with Gasteiger partial charge in [-0.05, 0) is 42.8 Å². The topological polar surface area (TPSA) is 12.0 Å². The van der Waals surface area contributed by atoms with Crippen LogP contribution < -0.4 is 5.32 Å². The van der Waals surface area contributed by atoms with E-state index in [2.05, 4.69) is 36.5 Å². The van der Waals surface area contributed by atoms with E-state index in [9.17, 15) is 0 Å². The predicted molar refractivity (Wildman–Crippen MR) is 55.7 cm³/mol. The number of aryl methyl sites for hydroxylation is 1. The highest BCUT2D eigenvalue weighted by Gasteiger charge is 2.12. The summed E-state index contributed by atoms with van der Waals surface area (Å²) >= 11 is 1.75. The first-order valence-corrected chi connectivity index (χ1v) is 4.96. The van der Waals surface area contributed by atoms with Gasteiger partial charge in [-0.3, -0.25) is 0 Å². The Morgan fingerprint density at radius 1 is 1.58 bits per heavy atom. The van der Waals surface area contributed by atoms with E-state index in [1.807, 2.05) is 7.05 Å². The molecular weight excluding hydrogens is 166 g/mol. The molecule has 1 atom stereocenters. The lowest BCUT2D eigenvalue weighted by Gasteiger charge is -2.15. The molecule has 0 spiro atoms. The molecule has 0 aliphatic carbocycles. The summed E-state index contributed by atoms with van der Waals surface area (Å²) in [6, 6.07) is 0.316. The summed E-state index contributed by atoms with van der Waals surface area (Å²) in [5.41, 5.74) is 3.87. The van der Waals surface area contributed by atoms with E-state index in [-0.39, 0.29) is 0 Å². The van der Waals surface area contributed by atoms with Crippen molar-refractivity contribution in [3.8, 4) is 0 Å². The van der Waals surface area contributed by atoms with Gasteiger partial charge in [0.05, 0.1) is 6.04 Å². The maximum atomic E-state index is 3.97. The van der Waals surface area contributed by atoms with Crippen LogP contribution in [0.4, 0.5) is 0 Å². The van der Waals surface area contributed by atoms with Crippen molar-refractivity contribution in [2.24, 2.45) is 0 Å². The van der Waals surface area contributed by atoms with E-state index in [4.69, 9.17) is 0 Å². The van der Waals surface area contributed by atoms with Crippen molar-refractivity contribution in [3.63, 3.8) is 0 Å². The number of hydrogen-bond acceptors (Lipinski definition) is 2. The lowest BCUT2D eigenvalue weighted by molar-refractivity contribution is 0.678. The van der Waals surface area contributed by atoms with Gasteiger partial charge in [-0.1, -0.05) is 12.2 Å². The summed E-state index contributed by atoms with van der Waals surface area (Å²) < 4.78 is 0. The quantitative estimate of drug-likeness (QED) is 0.707. The fourth-order valence-corrected chi connectivity index (χ4v) is 2.21. The Hall–Kier alpha value is -0.600. The maximum Gasteiger partial charge on any atom is 0.0539 e. The van der Waals surface area contributed by atoms with Gasteiger partial charge in [0, 0.05) is 0 Å². The molecule has 1 rings (SSSR count). The first kappa shape index (κ1) is 9.49. The standard InChI is InChI=1S/C10H15NS/c1-7(2)10(11-4)9-6-12-5-8(9)3/h5-6,10-11H,1H2,2-4H3. The van der Waals surface area contributed by atoms with Crippen LogP contribution in [-0.2, 0) is 0 Å². The average molecular weight is 181 g/mol. The van der Waals surface area contributed by atoms with Gasteiger partial charge in [-0.2, -0.15) is 11.3 Å². The zero-order valence-electron chi connectivity index (χ0n) is 7.85. The van der Waals surface area contributed by atoms with Crippen LogP contribution >= 0.6 is 11.3 Å². The Kier molecular flexibility index (Phi) is 3.06. The van der Waals surface area contributed by atoms with Crippen molar-refractivity contribution in [1.29, 1.82) is 0 Å². The Bertz CT molecular complexity index is 275. The van der Waals surface area contributed by atoms with Gasteiger partial charge >= 0.3 is 0 Å². The van der Waals surface area contributed by atoms with Crippen LogP contribution in [0.15, 0.2) is 22.9 Å². The summed E-state index contributed by atoms with van der Waals surface area (Å²) in [5, 5.41) is 7.61. The molecule has 1 heterocycles. The van der Waals surface area contributed by atoms with Crippen LogP contribution in [0.5, 0.6) is 0 Å². The zero-order valence-corrected chi connectivity index (χ0v) is 8.66. The van der Waals surface area contributed by atoms with Gasteiger partial charge in [0.2, 0.25) is 0 Å². The second kappa shape index (κ2) is 3.87. The van der Waals surface area contributed by atoms with Gasteiger partial charge in [0.25, 0.3) is 0 Å². The minimum Gasteiger partial charge on any atom is -0.310 e. The molecule has 2 heteroatoms. The van der Waals surface area contributed by atoms with Crippen LogP contribution in [0.25, 0.3) is 0 Å². The summed E-state index contributed by atoms with van der Waals surface area (Å²) in [4.78, 5) is 0. The third kappa shape index (κ3) is 1.76. The Labute approximate surface area is 78.1 Å². The highest BCUT2D eigenvalue weighted by atomic mass is 32.1. The van der Waals surface area contributed by atoms with Crippen molar-refractivity contribution >= 4 is 11.3 Å². The number of rotatable bonds is 3. The molecule has 0 aliphatic rings. The SMILES string of the molecule is C=C(C)C(NC)c1cscc1C. The van der Waals surface area contributed by atoms with Gasteiger partial charge in [-0.15, -0.1) is 0 Å². The monoisotopic (exact) mass is 181 g/mol. The van der Waals surface area contributed by atoms with Crippen molar-refractivity contribution in [2.75, 3.05) is 7.05 Å². The fraction of sp³-hybridized carbons (Fsp3) is 0.400. The van der Waals surface area contributed by atoms with Gasteiger partial charge in [0.15, 0.2) is 0 Å². The normalized spacial score (nSPS) is 12.9. The number of thiophene rings is 1. The van der Waals surface area contributed by atoms with E-state index in [1.54, 1.807) is 11.3 Å². The minimum absolute atomic E-state index is 0.316. The molecule has 0 saturated carbocycles. The van der Waals surface area contributed by atoms with Gasteiger partial charge < -0.3 is 5.32 Å². The molecule has 1 nitrogen and oxygen atoms in total. The van der Waals surface area contributed by atoms with Crippen LogP contribution in [0.2, 0.25) is 0 Å². The molecule has 0 aromatic carbocycles. The lowest BCUT2D eigenvalue weighted by atomic mass is 10.0. The largest absolute Gasteiger partial charge is 0.310 e. The number of hydrogen-bond donors (Lipinski definition) is 1. The van der Waals surface area contributed by atoms with E-state index < -0.39 is 0 Å². The second-order valence-corrected chi connectivity index (χ2v) is 3.82. The van der Waals surface area contributed by atoms with Crippen LogP contribution in [0.1, 0.15) is 24.1 Å². The Balaban J connectivity index is 2.94. The first-order valence-electron chi connectivity index (χ1n) is 4.02. The number of nitrogens with one attached hydrogen (secondary N) is 1. The molecule has 0 saturated heterocycles. The van der Waals surface area contributed by atoms with E-state index in [1.165, 1.54) is 16.7 Å². The minimum atomic E-state index is 0.316. The average Bonchev–Trinajstić information content (AvgIpc) is 2.38. The Morgan fingerprint density at radius 2 is 2.25 bits per heavy atom. The van der Waals surface area contributed by atoms with Crippen LogP contribution in [-0.4, -0.2) is 7.05 Å². The molecule has 0 aliphatic heterocycles. The fourth-order valence-electron chi connectivity index (χ4n) is 1.33. The van der Waals surface area contributed by atoms with Crippen LogP contribution in [0.3, 0.4) is 0 Å². The van der Waals surface area contributed by atoms with Crippen molar-refractivity contribution < 1.29 is 0 Å². The Morgan fingerprint density at radius 3 is 2.58 bits per heavy atom. The smallest absolute Gasteiger partial charge is 0.0539 e. The number of likely N-dealkylation sites (N-methyl/N-ethyl adjacent to an activating group) is 1. The molecule has 0 amide bonds. The zero-order chi connectivity index (χ0) is 9.14. The molecule has 1 N–H and O–H groups in total. The van der Waals surface area contributed by atoms with Gasteiger partial charge in [-0.25, -0.2) is 0 Å². The maximum absolute atomic E-state index is 3.97. The van der Waals surface area contributed by atoms with E-state index in [0.29, 0.717) is 6.04 Å². The molecule has 66 valence electrons. The van der Waals surface area contributed by atoms with Crippen molar-refractivity contribution in [2.45, 2.75) is 19.9 Å². The predicted octanol–water partition coefficient (Wildman–Crippen LogP) is 2.89. The highest BCUT2D eigenvalue weighted by molar-refractivity contribution is 7.08. The third-order valence-corrected chi connectivity index (χ3v) is 2.87. The van der Waals surface area contributed by atoms with Gasteiger partial charge in [0.1, 0.15) is 0 Å². The molecule has 0 fully saturated rings. The third-order valence-electron chi connectivity index (χ3n) is 1.99. The second-order valence-electron chi connectivity index (χ2n) is 3.08. The lowest BCUT2D eigenvalue weighted by Crippen LogP contribution is -2.17. The first-order chi connectivity index (χ1) is 5.66. The molecule has 12 heavy (non-hydrogen) atoms. The van der Waals surface area contributed by atoms with E-state index in [0.717, 1.165) is 0 Å². The molecule has 0 bridgehead atoms. The molecular formula is C10H15NS. The molecule has 0 radical (unpaired) electrons. The summed E-state index contributed by atoms with van der Waals surface area (Å²) in [5.74, 6) is 0. The molecule has 1 aromatic rings. The summed E-state index contributed by atoms with van der Waals surface area (Å²) in [6.45, 7) is 8.16. The van der Waals surface area contributed by atoms with Crippen molar-refractivity contribution in [1.82, 2.24) is 5.32 Å².